The predicted molar refractivity (Wildman–Crippen MR) is 50.0 cm³/mol. The van der Waals surface area contributed by atoms with Crippen LogP contribution in [0.5, 0.6) is 0 Å². The summed E-state index contributed by atoms with van der Waals surface area (Å²) in [7, 11) is 0. The number of rotatable bonds is 3. The van der Waals surface area contributed by atoms with Gasteiger partial charge in [-0.15, -0.1) is 0 Å². The Balaban J connectivity index is 4.48. The monoisotopic (exact) mass is 166 g/mol. The van der Waals surface area contributed by atoms with E-state index in [-0.39, 0.29) is 0 Å². The number of aliphatic carboxylic acids is 1. The lowest BCUT2D eigenvalue weighted by Crippen LogP contribution is -1.94. The first kappa shape index (κ1) is 10.7. The number of carboxylic acids is 1. The quantitative estimate of drug-likeness (QED) is 0.516. The van der Waals surface area contributed by atoms with Gasteiger partial charge in [0.25, 0.3) is 0 Å². The van der Waals surface area contributed by atoms with Gasteiger partial charge in [-0.2, -0.15) is 0 Å². The summed E-state index contributed by atoms with van der Waals surface area (Å²) in [6.07, 6.45) is 3.33. The molecule has 0 heterocycles. The summed E-state index contributed by atoms with van der Waals surface area (Å²) >= 11 is 0. The molecule has 0 unspecified atom stereocenters. The normalized spacial score (nSPS) is 12.9. The lowest BCUT2D eigenvalue weighted by Gasteiger charge is -1.95. The van der Waals surface area contributed by atoms with E-state index in [9.17, 15) is 4.79 Å². The van der Waals surface area contributed by atoms with Gasteiger partial charge in [0.1, 0.15) is 0 Å². The van der Waals surface area contributed by atoms with Gasteiger partial charge in [0.2, 0.25) is 0 Å². The molecule has 0 aliphatic rings. The van der Waals surface area contributed by atoms with E-state index in [1.54, 1.807) is 19.1 Å². The first-order valence-corrected chi connectivity index (χ1v) is 3.69. The van der Waals surface area contributed by atoms with Gasteiger partial charge >= 0.3 is 5.97 Å². The third-order valence-corrected chi connectivity index (χ3v) is 1.59. The first-order chi connectivity index (χ1) is 5.45. The number of hydrogen-bond donors (Lipinski definition) is 1. The van der Waals surface area contributed by atoms with E-state index < -0.39 is 5.97 Å². The van der Waals surface area contributed by atoms with Crippen molar-refractivity contribution in [2.75, 3.05) is 0 Å². The summed E-state index contributed by atoms with van der Waals surface area (Å²) in [6, 6.07) is 0. The lowest BCUT2D eigenvalue weighted by atomic mass is 10.1. The Labute approximate surface area is 72.9 Å². The highest BCUT2D eigenvalue weighted by Crippen LogP contribution is 2.05. The van der Waals surface area contributed by atoms with Crippen molar-refractivity contribution in [1.82, 2.24) is 0 Å². The first-order valence-electron chi connectivity index (χ1n) is 3.69. The summed E-state index contributed by atoms with van der Waals surface area (Å²) in [5.41, 5.74) is 2.27. The van der Waals surface area contributed by atoms with Crippen LogP contribution in [0.25, 0.3) is 0 Å². The van der Waals surface area contributed by atoms with Crippen molar-refractivity contribution < 1.29 is 9.90 Å². The minimum Gasteiger partial charge on any atom is -0.478 e. The van der Waals surface area contributed by atoms with Crippen LogP contribution in [0.15, 0.2) is 35.5 Å². The van der Waals surface area contributed by atoms with Crippen LogP contribution in [-0.4, -0.2) is 11.1 Å². The molecule has 0 saturated heterocycles. The van der Waals surface area contributed by atoms with Crippen LogP contribution >= 0.6 is 0 Å². The zero-order valence-electron chi connectivity index (χ0n) is 7.72. The maximum Gasteiger partial charge on any atom is 0.331 e. The highest BCUT2D eigenvalue weighted by molar-refractivity contribution is 5.86. The molecule has 0 bridgehead atoms. The molecule has 0 aromatic heterocycles. The molecule has 0 spiro atoms. The Morgan fingerprint density at radius 1 is 1.17 bits per heavy atom. The fourth-order valence-electron chi connectivity index (χ4n) is 0.464. The van der Waals surface area contributed by atoms with E-state index in [1.807, 2.05) is 13.8 Å². The Kier molecular flexibility index (Phi) is 4.05. The second-order valence-electron chi connectivity index (χ2n) is 2.78. The molecule has 0 rings (SSSR count). The van der Waals surface area contributed by atoms with Gasteiger partial charge in [-0.25, -0.2) is 4.79 Å². The van der Waals surface area contributed by atoms with Gasteiger partial charge in [0, 0.05) is 5.57 Å². The molecule has 0 amide bonds. The number of carbonyl (C=O) groups is 1. The van der Waals surface area contributed by atoms with Crippen molar-refractivity contribution in [3.05, 3.63) is 35.5 Å². The molecule has 12 heavy (non-hydrogen) atoms. The molecular weight excluding hydrogens is 152 g/mol. The number of allylic oxidation sites excluding steroid dienone is 4. The Hall–Kier alpha value is -1.31. The third-order valence-electron chi connectivity index (χ3n) is 1.59. The summed E-state index contributed by atoms with van der Waals surface area (Å²) in [5, 5.41) is 8.51. The van der Waals surface area contributed by atoms with E-state index in [2.05, 4.69) is 6.58 Å². The summed E-state index contributed by atoms with van der Waals surface area (Å²) in [4.78, 5) is 10.4. The second kappa shape index (κ2) is 4.54. The fourth-order valence-corrected chi connectivity index (χ4v) is 0.464. The maximum atomic E-state index is 10.4. The van der Waals surface area contributed by atoms with Crippen LogP contribution in [0, 0.1) is 0 Å². The van der Waals surface area contributed by atoms with Gasteiger partial charge in [0.05, 0.1) is 0 Å². The molecule has 0 atom stereocenters. The van der Waals surface area contributed by atoms with Crippen molar-refractivity contribution in [2.45, 2.75) is 20.8 Å². The van der Waals surface area contributed by atoms with E-state index in [0.717, 1.165) is 11.1 Å². The van der Waals surface area contributed by atoms with Crippen LogP contribution in [-0.2, 0) is 4.79 Å². The van der Waals surface area contributed by atoms with Gasteiger partial charge in [-0.3, -0.25) is 0 Å². The smallest absolute Gasteiger partial charge is 0.331 e. The van der Waals surface area contributed by atoms with Crippen LogP contribution < -0.4 is 0 Å². The van der Waals surface area contributed by atoms with Gasteiger partial charge < -0.3 is 5.11 Å². The molecule has 0 fully saturated rings. The molecule has 0 aliphatic heterocycles. The minimum absolute atomic E-state index is 0.329. The fraction of sp³-hybridized carbons (Fsp3) is 0.300. The van der Waals surface area contributed by atoms with Gasteiger partial charge in [-0.05, 0) is 26.3 Å². The molecule has 66 valence electrons. The summed E-state index contributed by atoms with van der Waals surface area (Å²) < 4.78 is 0. The van der Waals surface area contributed by atoms with Crippen molar-refractivity contribution in [2.24, 2.45) is 0 Å². The molecule has 2 nitrogen and oxygen atoms in total. The predicted octanol–water partition coefficient (Wildman–Crippen LogP) is 2.54. The Morgan fingerprint density at radius 3 is 1.92 bits per heavy atom. The summed E-state index contributed by atoms with van der Waals surface area (Å²) in [6.45, 7) is 9.07. The van der Waals surface area contributed by atoms with Crippen LogP contribution in [0.4, 0.5) is 0 Å². The zero-order chi connectivity index (χ0) is 9.72. The number of carboxylic acid groups (broad SMARTS) is 1. The van der Waals surface area contributed by atoms with Crippen molar-refractivity contribution in [1.29, 1.82) is 0 Å². The molecule has 0 aliphatic carbocycles. The molecule has 0 saturated carbocycles. The van der Waals surface area contributed by atoms with Crippen LogP contribution in [0.2, 0.25) is 0 Å². The minimum atomic E-state index is -0.888. The van der Waals surface area contributed by atoms with E-state index in [4.69, 9.17) is 5.11 Å². The Bertz CT molecular complexity index is 229. The average molecular weight is 166 g/mol. The van der Waals surface area contributed by atoms with Crippen molar-refractivity contribution in [3.63, 3.8) is 0 Å². The van der Waals surface area contributed by atoms with E-state index in [0.29, 0.717) is 5.57 Å². The summed E-state index contributed by atoms with van der Waals surface area (Å²) in [5.74, 6) is -0.888. The molecule has 2 heteroatoms. The van der Waals surface area contributed by atoms with Crippen molar-refractivity contribution in [3.8, 4) is 0 Å². The Morgan fingerprint density at radius 2 is 1.58 bits per heavy atom. The lowest BCUT2D eigenvalue weighted by molar-refractivity contribution is -0.132. The average Bonchev–Trinajstić information content (AvgIpc) is 1.98. The highest BCUT2D eigenvalue weighted by Gasteiger charge is 1.96. The molecule has 0 aromatic rings. The van der Waals surface area contributed by atoms with Gasteiger partial charge in [-0.1, -0.05) is 24.3 Å². The maximum absolute atomic E-state index is 10.4. The standard InChI is InChI=1S/C10H14O2/c1-7(2)8(3)5-6-9(4)10(11)12/h5-6H,1H2,2-4H3,(H,11,12)/b8-5+,9-6+. The molecule has 1 N–H and O–H groups in total. The van der Waals surface area contributed by atoms with Gasteiger partial charge in [0.15, 0.2) is 0 Å². The SMILES string of the molecule is C=C(C)/C(C)=C/C=C(\C)C(=O)O. The van der Waals surface area contributed by atoms with E-state index >= 15 is 0 Å². The van der Waals surface area contributed by atoms with Crippen molar-refractivity contribution >= 4 is 5.97 Å². The van der Waals surface area contributed by atoms with E-state index in [1.165, 1.54) is 0 Å². The largest absolute Gasteiger partial charge is 0.478 e. The molecular formula is C10H14O2. The van der Waals surface area contributed by atoms with Crippen LogP contribution in [0.1, 0.15) is 20.8 Å². The van der Waals surface area contributed by atoms with Crippen LogP contribution in [0.3, 0.4) is 0 Å². The molecule has 0 aromatic carbocycles. The zero-order valence-corrected chi connectivity index (χ0v) is 7.72. The highest BCUT2D eigenvalue weighted by atomic mass is 16.4. The topological polar surface area (TPSA) is 37.3 Å². The molecule has 0 radical (unpaired) electrons. The third kappa shape index (κ3) is 3.76. The second-order valence-corrected chi connectivity index (χ2v) is 2.78. The number of hydrogen-bond acceptors (Lipinski definition) is 1.